The van der Waals surface area contributed by atoms with Crippen LogP contribution in [0.1, 0.15) is 16.7 Å². The fraction of sp³-hybridized carbons (Fsp3) is 0.381. The number of aliphatic imine (C=N–C) groups is 1. The van der Waals surface area contributed by atoms with Gasteiger partial charge >= 0.3 is 0 Å². The van der Waals surface area contributed by atoms with Crippen LogP contribution >= 0.6 is 24.0 Å². The summed E-state index contributed by atoms with van der Waals surface area (Å²) in [6.07, 6.45) is 1.08. The minimum atomic E-state index is 0. The number of ether oxygens (including phenoxy) is 1. The lowest BCUT2D eigenvalue weighted by atomic mass is 10.1. The molecule has 1 atom stereocenters. The van der Waals surface area contributed by atoms with Gasteiger partial charge in [-0.05, 0) is 36.9 Å². The minimum absolute atomic E-state index is 0. The van der Waals surface area contributed by atoms with E-state index in [1.165, 1.54) is 16.7 Å². The zero-order valence-corrected chi connectivity index (χ0v) is 18.6. The van der Waals surface area contributed by atoms with Crippen molar-refractivity contribution in [2.75, 3.05) is 27.7 Å². The van der Waals surface area contributed by atoms with Crippen LogP contribution in [-0.4, -0.2) is 44.7 Å². The van der Waals surface area contributed by atoms with E-state index in [-0.39, 0.29) is 30.1 Å². The molecule has 27 heavy (non-hydrogen) atoms. The second-order valence-electron chi connectivity index (χ2n) is 6.86. The third-order valence-electron chi connectivity index (χ3n) is 4.49. The molecule has 1 unspecified atom stereocenters. The SMILES string of the molecule is CN=C(NCc1ccccc1CN(C)C)NCC1Cc2ccccc2O1.I. The van der Waals surface area contributed by atoms with Gasteiger partial charge in [0.25, 0.3) is 0 Å². The lowest BCUT2D eigenvalue weighted by Crippen LogP contribution is -2.42. The molecule has 146 valence electrons. The summed E-state index contributed by atoms with van der Waals surface area (Å²) in [6, 6.07) is 16.7. The predicted octanol–water partition coefficient (Wildman–Crippen LogP) is 3.03. The van der Waals surface area contributed by atoms with Crippen molar-refractivity contribution in [1.29, 1.82) is 0 Å². The largest absolute Gasteiger partial charge is 0.488 e. The highest BCUT2D eigenvalue weighted by Gasteiger charge is 2.22. The smallest absolute Gasteiger partial charge is 0.191 e. The molecule has 6 heteroatoms. The van der Waals surface area contributed by atoms with Gasteiger partial charge in [0, 0.05) is 26.6 Å². The Morgan fingerprint density at radius 2 is 1.78 bits per heavy atom. The number of nitrogens with zero attached hydrogens (tertiary/aromatic N) is 2. The van der Waals surface area contributed by atoms with Gasteiger partial charge in [0.15, 0.2) is 5.96 Å². The maximum atomic E-state index is 5.98. The number of hydrogen-bond donors (Lipinski definition) is 2. The van der Waals surface area contributed by atoms with Gasteiger partial charge in [-0.2, -0.15) is 0 Å². The standard InChI is InChI=1S/C21H28N4O.HI/c1-22-21(23-13-17-9-4-5-10-18(17)15-25(2)3)24-14-19-12-16-8-6-7-11-20(16)26-19;/h4-11,19H,12-15H2,1-3H3,(H2,22,23,24);1H. The van der Waals surface area contributed by atoms with Crippen LogP contribution in [0.3, 0.4) is 0 Å². The molecule has 2 N–H and O–H groups in total. The molecule has 0 amide bonds. The van der Waals surface area contributed by atoms with Crippen molar-refractivity contribution in [3.05, 3.63) is 65.2 Å². The Morgan fingerprint density at radius 3 is 2.48 bits per heavy atom. The van der Waals surface area contributed by atoms with Crippen molar-refractivity contribution >= 4 is 29.9 Å². The highest BCUT2D eigenvalue weighted by atomic mass is 127. The number of halogens is 1. The third kappa shape index (κ3) is 6.10. The van der Waals surface area contributed by atoms with Crippen LogP contribution in [0.4, 0.5) is 0 Å². The average Bonchev–Trinajstić information content (AvgIpc) is 3.05. The topological polar surface area (TPSA) is 48.9 Å². The van der Waals surface area contributed by atoms with E-state index >= 15 is 0 Å². The van der Waals surface area contributed by atoms with Crippen molar-refractivity contribution in [2.45, 2.75) is 25.6 Å². The molecular weight excluding hydrogens is 451 g/mol. The van der Waals surface area contributed by atoms with Gasteiger partial charge in [0.05, 0.1) is 6.54 Å². The number of rotatable bonds is 6. The first kappa shape index (κ1) is 21.5. The minimum Gasteiger partial charge on any atom is -0.488 e. The number of nitrogens with one attached hydrogen (secondary N) is 2. The van der Waals surface area contributed by atoms with Crippen molar-refractivity contribution in [1.82, 2.24) is 15.5 Å². The number of benzene rings is 2. The molecule has 0 fully saturated rings. The van der Waals surface area contributed by atoms with Crippen LogP contribution < -0.4 is 15.4 Å². The van der Waals surface area contributed by atoms with Crippen LogP contribution in [0.15, 0.2) is 53.5 Å². The van der Waals surface area contributed by atoms with Gasteiger partial charge in [-0.3, -0.25) is 4.99 Å². The second kappa shape index (κ2) is 10.5. The van der Waals surface area contributed by atoms with Crippen molar-refractivity contribution in [2.24, 2.45) is 4.99 Å². The normalized spacial score (nSPS) is 15.7. The Bertz CT molecular complexity index is 738. The maximum absolute atomic E-state index is 5.98. The Balaban J connectivity index is 0.00000261. The van der Waals surface area contributed by atoms with Gasteiger partial charge in [-0.1, -0.05) is 42.5 Å². The number of guanidine groups is 1. The summed E-state index contributed by atoms with van der Waals surface area (Å²) in [5.41, 5.74) is 3.89. The molecule has 5 nitrogen and oxygen atoms in total. The zero-order valence-electron chi connectivity index (χ0n) is 16.2. The summed E-state index contributed by atoms with van der Waals surface area (Å²) in [6.45, 7) is 2.40. The molecule has 0 aliphatic carbocycles. The summed E-state index contributed by atoms with van der Waals surface area (Å²) < 4.78 is 5.98. The van der Waals surface area contributed by atoms with Crippen LogP contribution in [0.25, 0.3) is 0 Å². The Kier molecular flexibility index (Phi) is 8.37. The fourth-order valence-electron chi connectivity index (χ4n) is 3.20. The summed E-state index contributed by atoms with van der Waals surface area (Å²) in [7, 11) is 5.97. The highest BCUT2D eigenvalue weighted by Crippen LogP contribution is 2.27. The van der Waals surface area contributed by atoms with E-state index in [4.69, 9.17) is 4.74 Å². The van der Waals surface area contributed by atoms with E-state index in [1.54, 1.807) is 7.05 Å². The first-order valence-corrected chi connectivity index (χ1v) is 9.06. The van der Waals surface area contributed by atoms with Gasteiger partial charge in [-0.15, -0.1) is 24.0 Å². The Morgan fingerprint density at radius 1 is 1.07 bits per heavy atom. The molecule has 1 aliphatic heterocycles. The number of para-hydroxylation sites is 1. The molecule has 2 aromatic carbocycles. The summed E-state index contributed by atoms with van der Waals surface area (Å²) in [5.74, 6) is 1.80. The number of hydrogen-bond acceptors (Lipinski definition) is 3. The van der Waals surface area contributed by atoms with E-state index < -0.39 is 0 Å². The molecule has 1 heterocycles. The summed E-state index contributed by atoms with van der Waals surface area (Å²) in [5, 5.41) is 6.79. The zero-order chi connectivity index (χ0) is 18.4. The highest BCUT2D eigenvalue weighted by molar-refractivity contribution is 14.0. The van der Waals surface area contributed by atoms with Crippen molar-refractivity contribution in [3.63, 3.8) is 0 Å². The maximum Gasteiger partial charge on any atom is 0.191 e. The molecule has 0 saturated carbocycles. The van der Waals surface area contributed by atoms with E-state index in [1.807, 2.05) is 12.1 Å². The molecular formula is C21H29IN4O. The molecule has 0 saturated heterocycles. The quantitative estimate of drug-likeness (QED) is 0.379. The fourth-order valence-corrected chi connectivity index (χ4v) is 3.20. The number of fused-ring (bicyclic) bond motifs is 1. The van der Waals surface area contributed by atoms with Gasteiger partial charge in [0.1, 0.15) is 11.9 Å². The Hall–Kier alpha value is -1.80. The molecule has 0 radical (unpaired) electrons. The third-order valence-corrected chi connectivity index (χ3v) is 4.49. The van der Waals surface area contributed by atoms with Gasteiger partial charge < -0.3 is 20.3 Å². The van der Waals surface area contributed by atoms with E-state index in [2.05, 4.69) is 71.0 Å². The average molecular weight is 480 g/mol. The molecule has 1 aliphatic rings. The molecule has 0 aromatic heterocycles. The first-order chi connectivity index (χ1) is 12.7. The second-order valence-corrected chi connectivity index (χ2v) is 6.86. The van der Waals surface area contributed by atoms with Crippen LogP contribution in [0.5, 0.6) is 5.75 Å². The van der Waals surface area contributed by atoms with Crippen LogP contribution in [-0.2, 0) is 19.5 Å². The lowest BCUT2D eigenvalue weighted by Gasteiger charge is -2.18. The first-order valence-electron chi connectivity index (χ1n) is 9.06. The predicted molar refractivity (Wildman–Crippen MR) is 122 cm³/mol. The molecule has 0 spiro atoms. The van der Waals surface area contributed by atoms with E-state index in [0.29, 0.717) is 0 Å². The molecule has 3 rings (SSSR count). The lowest BCUT2D eigenvalue weighted by molar-refractivity contribution is 0.235. The molecule has 2 aromatic rings. The Labute approximate surface area is 179 Å². The summed E-state index contributed by atoms with van der Waals surface area (Å²) >= 11 is 0. The van der Waals surface area contributed by atoms with Crippen LogP contribution in [0.2, 0.25) is 0 Å². The van der Waals surface area contributed by atoms with E-state index in [9.17, 15) is 0 Å². The van der Waals surface area contributed by atoms with E-state index in [0.717, 1.165) is 37.8 Å². The van der Waals surface area contributed by atoms with Gasteiger partial charge in [0.2, 0.25) is 0 Å². The van der Waals surface area contributed by atoms with Gasteiger partial charge in [-0.25, -0.2) is 0 Å². The summed E-state index contributed by atoms with van der Waals surface area (Å²) in [4.78, 5) is 6.51. The van der Waals surface area contributed by atoms with Crippen molar-refractivity contribution in [3.8, 4) is 5.75 Å². The monoisotopic (exact) mass is 480 g/mol. The molecule has 0 bridgehead atoms. The van der Waals surface area contributed by atoms with Crippen LogP contribution in [0, 0.1) is 0 Å². The van der Waals surface area contributed by atoms with Crippen molar-refractivity contribution < 1.29 is 4.74 Å².